The Kier molecular flexibility index (Phi) is 13.4. The highest BCUT2D eigenvalue weighted by atomic mass is 16.5. The number of carbonyl (C=O) groups is 1. The zero-order valence-corrected chi connectivity index (χ0v) is 20.7. The van der Waals surface area contributed by atoms with Crippen molar-refractivity contribution in [1.82, 2.24) is 0 Å². The first-order valence-corrected chi connectivity index (χ1v) is 12.5. The topological polar surface area (TPSA) is 54.0 Å². The lowest BCUT2D eigenvalue weighted by atomic mass is 10.1. The van der Waals surface area contributed by atoms with E-state index in [0.717, 1.165) is 62.0 Å². The third-order valence-electron chi connectivity index (χ3n) is 5.14. The Balaban J connectivity index is 1.86. The van der Waals surface area contributed by atoms with E-state index in [2.05, 4.69) is 13.8 Å². The maximum Gasteiger partial charge on any atom is 0.336 e. The van der Waals surface area contributed by atoms with Gasteiger partial charge in [0.05, 0.1) is 19.8 Å². The molecule has 0 spiro atoms. The van der Waals surface area contributed by atoms with Gasteiger partial charge in [0.15, 0.2) is 11.5 Å². The van der Waals surface area contributed by atoms with Crippen LogP contribution in [-0.4, -0.2) is 25.8 Å². The molecule has 0 amide bonds. The first-order chi connectivity index (χ1) is 16.7. The second-order valence-electron chi connectivity index (χ2n) is 8.04. The van der Waals surface area contributed by atoms with Gasteiger partial charge >= 0.3 is 5.97 Å². The van der Waals surface area contributed by atoms with Gasteiger partial charge in [0.1, 0.15) is 11.5 Å². The zero-order valence-electron chi connectivity index (χ0n) is 20.7. The fourth-order valence-corrected chi connectivity index (χ4v) is 3.29. The molecule has 5 heteroatoms. The molecular formula is C29H39O5. The molecule has 5 nitrogen and oxygen atoms in total. The summed E-state index contributed by atoms with van der Waals surface area (Å²) in [5, 5.41) is 0. The van der Waals surface area contributed by atoms with Crippen LogP contribution in [0.15, 0.2) is 48.5 Å². The monoisotopic (exact) mass is 467 g/mol. The Hall–Kier alpha value is -2.95. The molecule has 2 rings (SSSR count). The van der Waals surface area contributed by atoms with E-state index in [-0.39, 0.29) is 0 Å². The number of rotatable bonds is 17. The van der Waals surface area contributed by atoms with Crippen molar-refractivity contribution >= 4 is 12.0 Å². The van der Waals surface area contributed by atoms with Crippen LogP contribution in [0.5, 0.6) is 23.0 Å². The molecular weight excluding hydrogens is 428 g/mol. The highest BCUT2D eigenvalue weighted by Crippen LogP contribution is 2.29. The predicted molar refractivity (Wildman–Crippen MR) is 138 cm³/mol. The second kappa shape index (κ2) is 16.6. The molecule has 0 aliphatic carbocycles. The van der Waals surface area contributed by atoms with E-state index in [1.807, 2.05) is 37.3 Å². The molecule has 0 aromatic heterocycles. The van der Waals surface area contributed by atoms with Crippen LogP contribution < -0.4 is 18.9 Å². The standard InChI is InChI=1S/C29H39O5/c1-4-7-9-10-12-22-33-27-19-13-24(23-28(27)31-6-3)14-20-29(30)34-26-17-15-25(16-18-26)32-21-11-8-5-2/h13-20,23H,1,4-12,21-22H2,2-3H3/b20-14+. The van der Waals surface area contributed by atoms with Gasteiger partial charge < -0.3 is 18.9 Å². The lowest BCUT2D eigenvalue weighted by Gasteiger charge is -2.12. The SMILES string of the molecule is [CH2]CCCCCCOc1ccc(/C=C/C(=O)Oc2ccc(OCCCCC)cc2)cc1OCC. The van der Waals surface area contributed by atoms with Crippen molar-refractivity contribution in [2.75, 3.05) is 19.8 Å². The molecule has 0 aliphatic rings. The molecule has 0 saturated heterocycles. The molecule has 2 aromatic rings. The fraction of sp³-hybridized carbons (Fsp3) is 0.448. The maximum atomic E-state index is 12.2. The van der Waals surface area contributed by atoms with E-state index >= 15 is 0 Å². The van der Waals surface area contributed by atoms with Gasteiger partial charge in [-0.1, -0.05) is 58.4 Å². The average Bonchev–Trinajstić information content (AvgIpc) is 2.85. The van der Waals surface area contributed by atoms with Crippen molar-refractivity contribution in [2.45, 2.75) is 65.2 Å². The van der Waals surface area contributed by atoms with Crippen LogP contribution in [0.1, 0.15) is 70.8 Å². The molecule has 0 atom stereocenters. The van der Waals surface area contributed by atoms with Crippen LogP contribution in [0.25, 0.3) is 6.08 Å². The van der Waals surface area contributed by atoms with Gasteiger partial charge in [-0.3, -0.25) is 0 Å². The summed E-state index contributed by atoms with van der Waals surface area (Å²) < 4.78 is 22.7. The van der Waals surface area contributed by atoms with Crippen LogP contribution in [0.2, 0.25) is 0 Å². The Labute approximate surface area is 205 Å². The fourth-order valence-electron chi connectivity index (χ4n) is 3.29. The van der Waals surface area contributed by atoms with Crippen molar-refractivity contribution in [3.63, 3.8) is 0 Å². The Morgan fingerprint density at radius 3 is 2.24 bits per heavy atom. The van der Waals surface area contributed by atoms with E-state index in [1.165, 1.54) is 12.5 Å². The molecule has 34 heavy (non-hydrogen) atoms. The van der Waals surface area contributed by atoms with Crippen molar-refractivity contribution in [3.8, 4) is 23.0 Å². The first kappa shape index (κ1) is 27.3. The minimum Gasteiger partial charge on any atom is -0.494 e. The van der Waals surface area contributed by atoms with Crippen molar-refractivity contribution in [1.29, 1.82) is 0 Å². The molecule has 0 heterocycles. The number of hydrogen-bond acceptors (Lipinski definition) is 5. The summed E-state index contributed by atoms with van der Waals surface area (Å²) in [6.45, 7) is 9.85. The van der Waals surface area contributed by atoms with Gasteiger partial charge in [0.25, 0.3) is 0 Å². The quantitative estimate of drug-likeness (QED) is 0.105. The first-order valence-electron chi connectivity index (χ1n) is 12.5. The molecule has 0 aliphatic heterocycles. The normalized spacial score (nSPS) is 10.9. The van der Waals surface area contributed by atoms with Gasteiger partial charge in [-0.05, 0) is 67.8 Å². The molecule has 0 fully saturated rings. The predicted octanol–water partition coefficient (Wildman–Crippen LogP) is 7.44. The van der Waals surface area contributed by atoms with E-state index in [9.17, 15) is 4.79 Å². The Morgan fingerprint density at radius 2 is 1.50 bits per heavy atom. The van der Waals surface area contributed by atoms with Crippen LogP contribution in [0, 0.1) is 6.92 Å². The molecule has 0 N–H and O–H groups in total. The average molecular weight is 468 g/mol. The molecule has 0 saturated carbocycles. The van der Waals surface area contributed by atoms with E-state index in [0.29, 0.717) is 31.3 Å². The van der Waals surface area contributed by atoms with E-state index in [4.69, 9.17) is 18.9 Å². The number of hydrogen-bond donors (Lipinski definition) is 0. The number of carbonyl (C=O) groups excluding carboxylic acids is 1. The summed E-state index contributed by atoms with van der Waals surface area (Å²) in [7, 11) is 0. The van der Waals surface area contributed by atoms with Gasteiger partial charge in [0.2, 0.25) is 0 Å². The maximum absolute atomic E-state index is 12.2. The van der Waals surface area contributed by atoms with Gasteiger partial charge in [0, 0.05) is 6.08 Å². The summed E-state index contributed by atoms with van der Waals surface area (Å²) >= 11 is 0. The van der Waals surface area contributed by atoms with Crippen LogP contribution in [-0.2, 0) is 4.79 Å². The van der Waals surface area contributed by atoms with Gasteiger partial charge in [-0.15, -0.1) is 0 Å². The van der Waals surface area contributed by atoms with Crippen molar-refractivity contribution in [2.24, 2.45) is 0 Å². The summed E-state index contributed by atoms with van der Waals surface area (Å²) in [4.78, 5) is 12.2. The smallest absolute Gasteiger partial charge is 0.336 e. The highest BCUT2D eigenvalue weighted by molar-refractivity contribution is 5.88. The van der Waals surface area contributed by atoms with Crippen molar-refractivity contribution < 1.29 is 23.7 Å². The second-order valence-corrected chi connectivity index (χ2v) is 8.04. The Bertz CT molecular complexity index is 857. The lowest BCUT2D eigenvalue weighted by molar-refractivity contribution is -0.128. The highest BCUT2D eigenvalue weighted by Gasteiger charge is 2.07. The zero-order chi connectivity index (χ0) is 24.4. The molecule has 0 unspecified atom stereocenters. The third kappa shape index (κ3) is 10.8. The molecule has 2 aromatic carbocycles. The summed E-state index contributed by atoms with van der Waals surface area (Å²) in [6.07, 6.45) is 11.9. The van der Waals surface area contributed by atoms with Gasteiger partial charge in [-0.25, -0.2) is 4.79 Å². The number of esters is 1. The minimum absolute atomic E-state index is 0.447. The van der Waals surface area contributed by atoms with E-state index in [1.54, 1.807) is 18.2 Å². The molecule has 1 radical (unpaired) electrons. The molecule has 0 bridgehead atoms. The van der Waals surface area contributed by atoms with Gasteiger partial charge in [-0.2, -0.15) is 0 Å². The number of ether oxygens (including phenoxy) is 4. The van der Waals surface area contributed by atoms with Crippen molar-refractivity contribution in [3.05, 3.63) is 61.0 Å². The third-order valence-corrected chi connectivity index (χ3v) is 5.14. The molecule has 185 valence electrons. The van der Waals surface area contributed by atoms with Crippen LogP contribution in [0.4, 0.5) is 0 Å². The summed E-state index contributed by atoms with van der Waals surface area (Å²) in [5.74, 6) is 2.19. The van der Waals surface area contributed by atoms with E-state index < -0.39 is 5.97 Å². The largest absolute Gasteiger partial charge is 0.494 e. The lowest BCUT2D eigenvalue weighted by Crippen LogP contribution is -2.04. The van der Waals surface area contributed by atoms with Crippen LogP contribution in [0.3, 0.4) is 0 Å². The minimum atomic E-state index is -0.447. The Morgan fingerprint density at radius 1 is 0.794 bits per heavy atom. The summed E-state index contributed by atoms with van der Waals surface area (Å²) in [5.41, 5.74) is 0.832. The van der Waals surface area contributed by atoms with Crippen LogP contribution >= 0.6 is 0 Å². The number of benzene rings is 2. The number of unbranched alkanes of at least 4 members (excludes halogenated alkanes) is 6. The summed E-state index contributed by atoms with van der Waals surface area (Å²) in [6, 6.07) is 12.7.